The molecule has 0 spiro atoms. The first-order chi connectivity index (χ1) is 13.1. The maximum Gasteiger partial charge on any atom is 0.254 e. The molecule has 27 heavy (non-hydrogen) atoms. The van der Waals surface area contributed by atoms with Crippen molar-refractivity contribution < 1.29 is 23.6 Å². The number of nitrogens with one attached hydrogen (secondary N) is 1. The van der Waals surface area contributed by atoms with Gasteiger partial charge in [0.1, 0.15) is 12.4 Å². The fourth-order valence-corrected chi connectivity index (χ4v) is 3.37. The van der Waals surface area contributed by atoms with Crippen molar-refractivity contribution in [3.8, 4) is 11.5 Å². The summed E-state index contributed by atoms with van der Waals surface area (Å²) < 4.78 is 24.0. The molecule has 6 heteroatoms. The van der Waals surface area contributed by atoms with Crippen molar-refractivity contribution in [1.82, 2.24) is 4.90 Å². The molecule has 1 fully saturated rings. The van der Waals surface area contributed by atoms with Gasteiger partial charge in [-0.2, -0.15) is 0 Å². The van der Waals surface area contributed by atoms with Crippen LogP contribution in [0.25, 0.3) is 0 Å². The largest absolute Gasteiger partial charge is 0.493 e. The van der Waals surface area contributed by atoms with Crippen LogP contribution in [-0.2, 0) is 6.54 Å². The molecule has 0 saturated carbocycles. The van der Waals surface area contributed by atoms with E-state index >= 15 is 0 Å². The minimum absolute atomic E-state index is 0.0304. The van der Waals surface area contributed by atoms with Crippen molar-refractivity contribution in [2.24, 2.45) is 0 Å². The predicted octanol–water partition coefficient (Wildman–Crippen LogP) is 1.77. The highest BCUT2D eigenvalue weighted by molar-refractivity contribution is 5.94. The van der Waals surface area contributed by atoms with Crippen molar-refractivity contribution in [3.05, 3.63) is 59.4 Å². The van der Waals surface area contributed by atoms with E-state index in [0.717, 1.165) is 31.1 Å². The molecule has 1 aliphatic rings. The summed E-state index contributed by atoms with van der Waals surface area (Å²) in [5, 5.41) is 0. The molecule has 1 saturated heterocycles. The van der Waals surface area contributed by atoms with Crippen molar-refractivity contribution in [2.45, 2.75) is 13.5 Å². The Hall–Kier alpha value is -2.60. The summed E-state index contributed by atoms with van der Waals surface area (Å²) in [6, 6.07) is 11.8. The molecule has 1 N–H and O–H groups in total. The number of piperazine rings is 1. The lowest BCUT2D eigenvalue weighted by atomic mass is 10.1. The molecule has 144 valence electrons. The highest BCUT2D eigenvalue weighted by Crippen LogP contribution is 2.27. The van der Waals surface area contributed by atoms with E-state index in [9.17, 15) is 9.18 Å². The third-order valence-electron chi connectivity index (χ3n) is 4.83. The van der Waals surface area contributed by atoms with Crippen molar-refractivity contribution in [2.75, 3.05) is 39.9 Å². The number of carbonyl (C=O) groups excluding carboxylic acids is 1. The smallest absolute Gasteiger partial charge is 0.254 e. The highest BCUT2D eigenvalue weighted by atomic mass is 19.1. The Morgan fingerprint density at radius 1 is 1.11 bits per heavy atom. The molecule has 2 aromatic carbocycles. The van der Waals surface area contributed by atoms with Gasteiger partial charge in [0, 0.05) is 11.1 Å². The summed E-state index contributed by atoms with van der Waals surface area (Å²) in [7, 11) is 1.64. The van der Waals surface area contributed by atoms with E-state index in [0.29, 0.717) is 25.3 Å². The van der Waals surface area contributed by atoms with Crippen LogP contribution in [0.2, 0.25) is 0 Å². The minimum atomic E-state index is -0.327. The standard InChI is InChI=1S/C21H25FN2O3/c1-3-27-20-14-16(4-9-19(20)26-2)15-23-10-12-24(13-11-23)21(25)17-5-7-18(22)8-6-17/h4-9,14H,3,10-13,15H2,1-2H3/p+1. The molecule has 3 rings (SSSR count). The number of amides is 1. The van der Waals surface area contributed by atoms with Crippen molar-refractivity contribution in [3.63, 3.8) is 0 Å². The zero-order valence-corrected chi connectivity index (χ0v) is 15.8. The number of hydrogen-bond donors (Lipinski definition) is 1. The molecular formula is C21H26FN2O3+. The topological polar surface area (TPSA) is 43.2 Å². The van der Waals surface area contributed by atoms with Gasteiger partial charge >= 0.3 is 0 Å². The van der Waals surface area contributed by atoms with Gasteiger partial charge in [-0.1, -0.05) is 0 Å². The summed E-state index contributed by atoms with van der Waals surface area (Å²) in [5.41, 5.74) is 1.73. The van der Waals surface area contributed by atoms with Gasteiger partial charge in [-0.3, -0.25) is 4.79 Å². The van der Waals surface area contributed by atoms with E-state index in [4.69, 9.17) is 9.47 Å². The molecule has 0 unspecified atom stereocenters. The Bertz CT molecular complexity index is 771. The number of halogens is 1. The van der Waals surface area contributed by atoms with Crippen molar-refractivity contribution >= 4 is 5.91 Å². The molecule has 0 radical (unpaired) electrons. The fourth-order valence-electron chi connectivity index (χ4n) is 3.37. The van der Waals surface area contributed by atoms with Gasteiger partial charge in [-0.15, -0.1) is 0 Å². The van der Waals surface area contributed by atoms with Crippen LogP contribution in [0.4, 0.5) is 4.39 Å². The number of methoxy groups -OCH3 is 1. The van der Waals surface area contributed by atoms with Gasteiger partial charge in [0.2, 0.25) is 0 Å². The van der Waals surface area contributed by atoms with Gasteiger partial charge in [-0.05, 0) is 49.4 Å². The van der Waals surface area contributed by atoms with Crippen LogP contribution in [0.1, 0.15) is 22.8 Å². The highest BCUT2D eigenvalue weighted by Gasteiger charge is 2.24. The molecule has 1 aliphatic heterocycles. The molecule has 1 heterocycles. The fraction of sp³-hybridized carbons (Fsp3) is 0.381. The third-order valence-corrected chi connectivity index (χ3v) is 4.83. The second-order valence-corrected chi connectivity index (χ2v) is 6.64. The number of nitrogens with zero attached hydrogens (tertiary/aromatic N) is 1. The number of rotatable bonds is 6. The molecular weight excluding hydrogens is 347 g/mol. The van der Waals surface area contributed by atoms with Gasteiger partial charge in [0.05, 0.1) is 39.9 Å². The summed E-state index contributed by atoms with van der Waals surface area (Å²) in [6.45, 7) is 6.57. The summed E-state index contributed by atoms with van der Waals surface area (Å²) in [6.07, 6.45) is 0. The number of ether oxygens (including phenoxy) is 2. The summed E-state index contributed by atoms with van der Waals surface area (Å²) in [5.74, 6) is 1.15. The van der Waals surface area contributed by atoms with Gasteiger partial charge in [0.15, 0.2) is 11.5 Å². The third kappa shape index (κ3) is 4.77. The Balaban J connectivity index is 1.57. The van der Waals surface area contributed by atoms with E-state index in [1.165, 1.54) is 22.6 Å². The summed E-state index contributed by atoms with van der Waals surface area (Å²) in [4.78, 5) is 15.8. The second-order valence-electron chi connectivity index (χ2n) is 6.64. The monoisotopic (exact) mass is 373 g/mol. The van der Waals surface area contributed by atoms with Crippen LogP contribution in [-0.4, -0.2) is 50.7 Å². The molecule has 1 amide bonds. The minimum Gasteiger partial charge on any atom is -0.493 e. The number of carbonyl (C=O) groups is 1. The zero-order valence-electron chi connectivity index (χ0n) is 15.8. The first-order valence-electron chi connectivity index (χ1n) is 9.29. The van der Waals surface area contributed by atoms with E-state index in [-0.39, 0.29) is 11.7 Å². The van der Waals surface area contributed by atoms with Crippen LogP contribution in [0, 0.1) is 5.82 Å². The molecule has 0 atom stereocenters. The Morgan fingerprint density at radius 2 is 1.81 bits per heavy atom. The Kier molecular flexibility index (Phi) is 6.29. The average molecular weight is 373 g/mol. The van der Waals surface area contributed by atoms with Crippen LogP contribution >= 0.6 is 0 Å². The lowest BCUT2D eigenvalue weighted by molar-refractivity contribution is -0.917. The van der Waals surface area contributed by atoms with Crippen molar-refractivity contribution in [1.29, 1.82) is 0 Å². The van der Waals surface area contributed by atoms with Gasteiger partial charge in [-0.25, -0.2) is 4.39 Å². The van der Waals surface area contributed by atoms with Gasteiger partial charge in [0.25, 0.3) is 5.91 Å². The second kappa shape index (κ2) is 8.86. The van der Waals surface area contributed by atoms with Crippen LogP contribution in [0.3, 0.4) is 0 Å². The number of benzene rings is 2. The molecule has 0 aromatic heterocycles. The quantitative estimate of drug-likeness (QED) is 0.839. The van der Waals surface area contributed by atoms with E-state index in [2.05, 4.69) is 6.07 Å². The summed E-state index contributed by atoms with van der Waals surface area (Å²) >= 11 is 0. The Morgan fingerprint density at radius 3 is 2.44 bits per heavy atom. The van der Waals surface area contributed by atoms with Gasteiger partial charge < -0.3 is 19.3 Å². The number of hydrogen-bond acceptors (Lipinski definition) is 3. The molecule has 0 aliphatic carbocycles. The number of quaternary nitrogens is 1. The SMILES string of the molecule is CCOc1cc(C[NH+]2CCN(C(=O)c3ccc(F)cc3)CC2)ccc1OC. The van der Waals surface area contributed by atoms with Crippen LogP contribution < -0.4 is 14.4 Å². The maximum atomic E-state index is 13.0. The first kappa shape index (κ1) is 19.2. The van der Waals surface area contributed by atoms with E-state index in [1.807, 2.05) is 24.0 Å². The van der Waals surface area contributed by atoms with Crippen LogP contribution in [0.15, 0.2) is 42.5 Å². The molecule has 0 bridgehead atoms. The molecule has 2 aromatic rings. The first-order valence-corrected chi connectivity index (χ1v) is 9.29. The predicted molar refractivity (Wildman–Crippen MR) is 101 cm³/mol. The maximum absolute atomic E-state index is 13.0. The lowest BCUT2D eigenvalue weighted by Crippen LogP contribution is -3.13. The normalized spacial score (nSPS) is 14.9. The average Bonchev–Trinajstić information content (AvgIpc) is 2.69. The zero-order chi connectivity index (χ0) is 19.2. The Labute approximate surface area is 159 Å². The lowest BCUT2D eigenvalue weighted by Gasteiger charge is -2.32. The molecule has 5 nitrogen and oxygen atoms in total. The van der Waals surface area contributed by atoms with E-state index in [1.54, 1.807) is 19.2 Å². The van der Waals surface area contributed by atoms with E-state index < -0.39 is 0 Å². The van der Waals surface area contributed by atoms with Crippen LogP contribution in [0.5, 0.6) is 11.5 Å².